The third-order valence-corrected chi connectivity index (χ3v) is 4.64. The second kappa shape index (κ2) is 8.49. The number of aromatic nitrogens is 3. The molecular formula is C21H25N5O. The number of nitrogens with one attached hydrogen (secondary N) is 1. The highest BCUT2D eigenvalue weighted by molar-refractivity contribution is 5.94. The number of carbonyl (C=O) groups excluding carboxylic acids is 1. The second-order valence-electron chi connectivity index (χ2n) is 6.33. The molecule has 0 aliphatic rings. The molecule has 0 aliphatic heterocycles. The van der Waals surface area contributed by atoms with Gasteiger partial charge in [0.2, 0.25) is 0 Å². The van der Waals surface area contributed by atoms with Gasteiger partial charge in [-0.3, -0.25) is 4.79 Å². The van der Waals surface area contributed by atoms with Crippen LogP contribution in [0.15, 0.2) is 61.3 Å². The van der Waals surface area contributed by atoms with Crippen LogP contribution in [0.4, 0.5) is 5.82 Å². The van der Waals surface area contributed by atoms with E-state index in [0.29, 0.717) is 5.56 Å². The third-order valence-electron chi connectivity index (χ3n) is 4.64. The standard InChI is InChI=1S/C21H25N5O/c1-4-25(5-2)20-11-8-18(14-23-20)21(27)24-16(3)17-6-9-19(10-7-17)26-13-12-22-15-26/h6-16H,4-5H2,1-3H3,(H,24,27). The smallest absolute Gasteiger partial charge is 0.253 e. The Labute approximate surface area is 159 Å². The molecule has 0 saturated heterocycles. The van der Waals surface area contributed by atoms with Crippen molar-refractivity contribution in [3.63, 3.8) is 0 Å². The fraction of sp³-hybridized carbons (Fsp3) is 0.286. The minimum atomic E-state index is -0.125. The first-order valence-corrected chi connectivity index (χ1v) is 9.22. The number of benzene rings is 1. The summed E-state index contributed by atoms with van der Waals surface area (Å²) in [5.74, 6) is 0.763. The molecular weight excluding hydrogens is 338 g/mol. The molecule has 0 bridgehead atoms. The molecule has 2 heterocycles. The maximum atomic E-state index is 12.5. The van der Waals surface area contributed by atoms with E-state index in [2.05, 4.69) is 34.0 Å². The summed E-state index contributed by atoms with van der Waals surface area (Å²) in [4.78, 5) is 23.1. The number of nitrogens with zero attached hydrogens (tertiary/aromatic N) is 4. The van der Waals surface area contributed by atoms with Crippen molar-refractivity contribution in [2.24, 2.45) is 0 Å². The van der Waals surface area contributed by atoms with Crippen molar-refractivity contribution < 1.29 is 4.79 Å². The number of hydrogen-bond donors (Lipinski definition) is 1. The van der Waals surface area contributed by atoms with E-state index < -0.39 is 0 Å². The van der Waals surface area contributed by atoms with E-state index in [0.717, 1.165) is 30.2 Å². The van der Waals surface area contributed by atoms with E-state index >= 15 is 0 Å². The number of rotatable bonds is 7. The van der Waals surface area contributed by atoms with E-state index in [1.54, 1.807) is 18.7 Å². The molecule has 3 aromatic rings. The third kappa shape index (κ3) is 4.34. The summed E-state index contributed by atoms with van der Waals surface area (Å²) in [6, 6.07) is 11.7. The van der Waals surface area contributed by atoms with Crippen molar-refractivity contribution in [1.82, 2.24) is 19.9 Å². The zero-order valence-electron chi connectivity index (χ0n) is 16.0. The normalized spacial score (nSPS) is 11.8. The molecule has 6 heteroatoms. The highest BCUT2D eigenvalue weighted by Gasteiger charge is 2.13. The quantitative estimate of drug-likeness (QED) is 0.697. The topological polar surface area (TPSA) is 63.1 Å². The Morgan fingerprint density at radius 3 is 2.44 bits per heavy atom. The van der Waals surface area contributed by atoms with Gasteiger partial charge in [-0.15, -0.1) is 0 Å². The van der Waals surface area contributed by atoms with Crippen LogP contribution in [0, 0.1) is 0 Å². The Kier molecular flexibility index (Phi) is 5.86. The molecule has 0 fully saturated rings. The molecule has 1 aromatic carbocycles. The molecule has 1 N–H and O–H groups in total. The van der Waals surface area contributed by atoms with Crippen molar-refractivity contribution in [2.45, 2.75) is 26.8 Å². The molecule has 1 atom stereocenters. The summed E-state index contributed by atoms with van der Waals surface area (Å²) in [7, 11) is 0. The zero-order chi connectivity index (χ0) is 19.2. The summed E-state index contributed by atoms with van der Waals surface area (Å²) >= 11 is 0. The Balaban J connectivity index is 1.65. The van der Waals surface area contributed by atoms with Crippen molar-refractivity contribution >= 4 is 11.7 Å². The van der Waals surface area contributed by atoms with E-state index in [9.17, 15) is 4.79 Å². The van der Waals surface area contributed by atoms with Gasteiger partial charge in [0.25, 0.3) is 5.91 Å². The summed E-state index contributed by atoms with van der Waals surface area (Å²) in [5.41, 5.74) is 2.64. The molecule has 0 aliphatic carbocycles. The fourth-order valence-corrected chi connectivity index (χ4v) is 2.97. The van der Waals surface area contributed by atoms with Crippen LogP contribution in [0.25, 0.3) is 5.69 Å². The van der Waals surface area contributed by atoms with Crippen LogP contribution >= 0.6 is 0 Å². The van der Waals surface area contributed by atoms with Crippen LogP contribution in [0.5, 0.6) is 0 Å². The SMILES string of the molecule is CCN(CC)c1ccc(C(=O)NC(C)c2ccc(-n3ccnc3)cc2)cn1. The van der Waals surface area contributed by atoms with Crippen molar-refractivity contribution in [2.75, 3.05) is 18.0 Å². The van der Waals surface area contributed by atoms with Crippen molar-refractivity contribution in [1.29, 1.82) is 0 Å². The van der Waals surface area contributed by atoms with Crippen molar-refractivity contribution in [3.05, 3.63) is 72.4 Å². The molecule has 3 rings (SSSR count). The van der Waals surface area contributed by atoms with Gasteiger partial charge in [-0.1, -0.05) is 12.1 Å². The summed E-state index contributed by atoms with van der Waals surface area (Å²) < 4.78 is 1.94. The minimum Gasteiger partial charge on any atom is -0.357 e. The summed E-state index contributed by atoms with van der Waals surface area (Å²) in [6.45, 7) is 7.93. The van der Waals surface area contributed by atoms with Crippen LogP contribution in [0.2, 0.25) is 0 Å². The molecule has 0 spiro atoms. The first-order chi connectivity index (χ1) is 13.1. The molecule has 1 unspecified atom stereocenters. The molecule has 6 nitrogen and oxygen atoms in total. The van der Waals surface area contributed by atoms with Crippen LogP contribution < -0.4 is 10.2 Å². The molecule has 140 valence electrons. The summed E-state index contributed by atoms with van der Waals surface area (Å²) in [5, 5.41) is 3.03. The van der Waals surface area contributed by atoms with E-state index in [4.69, 9.17) is 0 Å². The Morgan fingerprint density at radius 2 is 1.89 bits per heavy atom. The predicted octanol–water partition coefficient (Wildman–Crippen LogP) is 3.60. The Morgan fingerprint density at radius 1 is 1.15 bits per heavy atom. The lowest BCUT2D eigenvalue weighted by molar-refractivity contribution is 0.0939. The lowest BCUT2D eigenvalue weighted by Gasteiger charge is -2.20. The van der Waals surface area contributed by atoms with Gasteiger partial charge in [0.15, 0.2) is 0 Å². The predicted molar refractivity (Wildman–Crippen MR) is 107 cm³/mol. The van der Waals surface area contributed by atoms with Gasteiger partial charge in [-0.2, -0.15) is 0 Å². The summed E-state index contributed by atoms with van der Waals surface area (Å²) in [6.07, 6.45) is 7.04. The van der Waals surface area contributed by atoms with Gasteiger partial charge in [-0.05, 0) is 50.6 Å². The Bertz CT molecular complexity index is 853. The number of pyridine rings is 1. The zero-order valence-corrected chi connectivity index (χ0v) is 16.0. The first kappa shape index (κ1) is 18.6. The maximum absolute atomic E-state index is 12.5. The van der Waals surface area contributed by atoms with Crippen molar-refractivity contribution in [3.8, 4) is 5.69 Å². The number of hydrogen-bond acceptors (Lipinski definition) is 4. The average Bonchev–Trinajstić information content (AvgIpc) is 3.24. The van der Waals surface area contributed by atoms with Crippen LogP contribution in [-0.4, -0.2) is 33.5 Å². The van der Waals surface area contributed by atoms with Crippen LogP contribution in [-0.2, 0) is 0 Å². The Hall–Kier alpha value is -3.15. The monoisotopic (exact) mass is 363 g/mol. The number of amides is 1. The highest BCUT2D eigenvalue weighted by Crippen LogP contribution is 2.17. The van der Waals surface area contributed by atoms with Gasteiger partial charge < -0.3 is 14.8 Å². The van der Waals surface area contributed by atoms with Gasteiger partial charge in [0.1, 0.15) is 5.82 Å². The van der Waals surface area contributed by atoms with Gasteiger partial charge in [-0.25, -0.2) is 9.97 Å². The largest absolute Gasteiger partial charge is 0.357 e. The average molecular weight is 363 g/mol. The fourth-order valence-electron chi connectivity index (χ4n) is 2.97. The molecule has 27 heavy (non-hydrogen) atoms. The lowest BCUT2D eigenvalue weighted by Crippen LogP contribution is -2.27. The second-order valence-corrected chi connectivity index (χ2v) is 6.33. The van der Waals surface area contributed by atoms with Gasteiger partial charge >= 0.3 is 0 Å². The molecule has 1 amide bonds. The van der Waals surface area contributed by atoms with Crippen LogP contribution in [0.3, 0.4) is 0 Å². The van der Waals surface area contributed by atoms with Gasteiger partial charge in [0, 0.05) is 37.4 Å². The minimum absolute atomic E-state index is 0.100. The van der Waals surface area contributed by atoms with Gasteiger partial charge in [0.05, 0.1) is 17.9 Å². The molecule has 0 radical (unpaired) electrons. The number of carbonyl (C=O) groups is 1. The van der Waals surface area contributed by atoms with E-state index in [1.807, 2.05) is 54.1 Å². The number of anilines is 1. The molecule has 2 aromatic heterocycles. The van der Waals surface area contributed by atoms with E-state index in [-0.39, 0.29) is 11.9 Å². The lowest BCUT2D eigenvalue weighted by atomic mass is 10.1. The first-order valence-electron chi connectivity index (χ1n) is 9.22. The van der Waals surface area contributed by atoms with E-state index in [1.165, 1.54) is 0 Å². The van der Waals surface area contributed by atoms with Crippen LogP contribution in [0.1, 0.15) is 42.7 Å². The maximum Gasteiger partial charge on any atom is 0.253 e. The number of imidazole rings is 1. The highest BCUT2D eigenvalue weighted by atomic mass is 16.1. The molecule has 0 saturated carbocycles.